The number of aromatic nitrogens is 2. The van der Waals surface area contributed by atoms with Gasteiger partial charge in [0, 0.05) is 11.1 Å². The van der Waals surface area contributed by atoms with Gasteiger partial charge in [-0.2, -0.15) is 10.4 Å². The Morgan fingerprint density at radius 3 is 2.88 bits per heavy atom. The van der Waals surface area contributed by atoms with Gasteiger partial charge in [0.1, 0.15) is 6.07 Å². The van der Waals surface area contributed by atoms with Crippen LogP contribution in [-0.4, -0.2) is 15.5 Å². The summed E-state index contributed by atoms with van der Waals surface area (Å²) in [6.07, 6.45) is 3.72. The maximum atomic E-state index is 9.29. The second-order valence-corrected chi connectivity index (χ2v) is 4.96. The Balaban J connectivity index is 2.54. The number of benzene rings is 1. The van der Waals surface area contributed by atoms with E-state index in [1.54, 1.807) is 22.6 Å². The number of nitrogens with zero attached hydrogens (tertiary/aromatic N) is 3. The van der Waals surface area contributed by atoms with Crippen molar-refractivity contribution in [2.24, 2.45) is 0 Å². The molecule has 0 unspecified atom stereocenters. The molecule has 0 amide bonds. The molecule has 3 nitrogen and oxygen atoms in total. The van der Waals surface area contributed by atoms with Gasteiger partial charge in [-0.15, -0.1) is 11.8 Å². The van der Waals surface area contributed by atoms with Gasteiger partial charge in [-0.25, -0.2) is 4.68 Å². The highest BCUT2D eigenvalue weighted by Crippen LogP contribution is 2.26. The Labute approximate surface area is 105 Å². The van der Waals surface area contributed by atoms with E-state index in [-0.39, 0.29) is 0 Å². The molecule has 2 aromatic rings. The number of aryl methyl sites for hydroxylation is 1. The number of hydrogen-bond acceptors (Lipinski definition) is 3. The van der Waals surface area contributed by atoms with Gasteiger partial charge in [0.25, 0.3) is 0 Å². The molecule has 4 heteroatoms. The van der Waals surface area contributed by atoms with Crippen molar-refractivity contribution in [3.05, 3.63) is 41.7 Å². The van der Waals surface area contributed by atoms with Gasteiger partial charge < -0.3 is 0 Å². The lowest BCUT2D eigenvalue weighted by atomic mass is 10.2. The molecule has 0 bridgehead atoms. The summed E-state index contributed by atoms with van der Waals surface area (Å²) in [4.78, 5) is 1.01. The molecule has 0 radical (unpaired) electrons. The highest BCUT2D eigenvalue weighted by molar-refractivity contribution is 7.99. The van der Waals surface area contributed by atoms with Crippen molar-refractivity contribution >= 4 is 11.8 Å². The molecule has 86 valence electrons. The Kier molecular flexibility index (Phi) is 3.50. The van der Waals surface area contributed by atoms with Crippen molar-refractivity contribution in [2.45, 2.75) is 18.7 Å². The highest BCUT2D eigenvalue weighted by atomic mass is 32.2. The van der Waals surface area contributed by atoms with Crippen molar-refractivity contribution in [1.82, 2.24) is 9.78 Å². The summed E-state index contributed by atoms with van der Waals surface area (Å²) in [6, 6.07) is 8.14. The Morgan fingerprint density at radius 1 is 1.47 bits per heavy atom. The monoisotopic (exact) mass is 243 g/mol. The number of hydrogen-bond donors (Lipinski definition) is 0. The molecule has 1 heterocycles. The maximum absolute atomic E-state index is 9.29. The van der Waals surface area contributed by atoms with Gasteiger partial charge in [0.15, 0.2) is 0 Å². The largest absolute Gasteiger partial charge is 0.239 e. The summed E-state index contributed by atoms with van der Waals surface area (Å²) in [6.45, 7) is 4.07. The van der Waals surface area contributed by atoms with Gasteiger partial charge >= 0.3 is 0 Å². The molecule has 0 N–H and O–H groups in total. The summed E-state index contributed by atoms with van der Waals surface area (Å²) in [5.74, 6) is 0.955. The average molecular weight is 243 g/mol. The molecule has 0 spiro atoms. The smallest absolute Gasteiger partial charge is 0.103 e. The summed E-state index contributed by atoms with van der Waals surface area (Å²) in [5, 5.41) is 13.5. The zero-order valence-electron chi connectivity index (χ0n) is 9.84. The van der Waals surface area contributed by atoms with Crippen molar-refractivity contribution in [1.29, 1.82) is 5.26 Å². The third kappa shape index (κ3) is 2.34. The van der Waals surface area contributed by atoms with Crippen LogP contribution in [0.3, 0.4) is 0 Å². The van der Waals surface area contributed by atoms with Crippen LogP contribution in [0.5, 0.6) is 0 Å². The molecule has 0 fully saturated rings. The van der Waals surface area contributed by atoms with Crippen LogP contribution in [0.1, 0.15) is 18.1 Å². The SMILES string of the molecule is CCSc1cccc(-n2cc(C)cn2)c1C#N. The number of rotatable bonds is 3. The third-order valence-corrected chi connectivity index (χ3v) is 3.31. The van der Waals surface area contributed by atoms with Crippen LogP contribution in [0, 0.1) is 18.3 Å². The van der Waals surface area contributed by atoms with Crippen molar-refractivity contribution < 1.29 is 0 Å². The summed E-state index contributed by atoms with van der Waals surface area (Å²) < 4.78 is 1.76. The highest BCUT2D eigenvalue weighted by Gasteiger charge is 2.10. The number of thioether (sulfide) groups is 1. The first-order valence-electron chi connectivity index (χ1n) is 5.43. The Hall–Kier alpha value is -1.73. The lowest BCUT2D eigenvalue weighted by Crippen LogP contribution is -1.99. The first-order valence-corrected chi connectivity index (χ1v) is 6.42. The van der Waals surface area contributed by atoms with E-state index in [9.17, 15) is 5.26 Å². The second kappa shape index (κ2) is 5.07. The molecular formula is C13H13N3S. The van der Waals surface area contributed by atoms with Crippen LogP contribution in [0.2, 0.25) is 0 Å². The van der Waals surface area contributed by atoms with E-state index in [1.807, 2.05) is 31.3 Å². The van der Waals surface area contributed by atoms with Crippen molar-refractivity contribution in [2.75, 3.05) is 5.75 Å². The molecular weight excluding hydrogens is 230 g/mol. The molecule has 0 aliphatic carbocycles. The first-order chi connectivity index (χ1) is 8.26. The minimum atomic E-state index is 0.697. The molecule has 1 aromatic carbocycles. The van der Waals surface area contributed by atoms with E-state index in [0.717, 1.165) is 21.9 Å². The molecule has 0 aliphatic rings. The minimum Gasteiger partial charge on any atom is -0.239 e. The minimum absolute atomic E-state index is 0.697. The van der Waals surface area contributed by atoms with E-state index in [1.165, 1.54) is 0 Å². The van der Waals surface area contributed by atoms with Crippen LogP contribution >= 0.6 is 11.8 Å². The zero-order chi connectivity index (χ0) is 12.3. The molecule has 0 saturated heterocycles. The Bertz CT molecular complexity index is 566. The molecule has 0 saturated carbocycles. The first kappa shape index (κ1) is 11.7. The fraction of sp³-hybridized carbons (Fsp3) is 0.231. The molecule has 17 heavy (non-hydrogen) atoms. The van der Waals surface area contributed by atoms with Crippen LogP contribution in [-0.2, 0) is 0 Å². The summed E-state index contributed by atoms with van der Waals surface area (Å²) >= 11 is 1.68. The van der Waals surface area contributed by atoms with E-state index in [0.29, 0.717) is 5.56 Å². The van der Waals surface area contributed by atoms with Gasteiger partial charge in [0.05, 0.1) is 17.4 Å². The van der Waals surface area contributed by atoms with Gasteiger partial charge in [-0.3, -0.25) is 0 Å². The van der Waals surface area contributed by atoms with Crippen LogP contribution in [0.15, 0.2) is 35.5 Å². The lowest BCUT2D eigenvalue weighted by molar-refractivity contribution is 0.873. The van der Waals surface area contributed by atoms with E-state index in [4.69, 9.17) is 0 Å². The predicted octanol–water partition coefficient (Wildman–Crippen LogP) is 3.16. The normalized spacial score (nSPS) is 10.2. The van der Waals surface area contributed by atoms with Crippen molar-refractivity contribution in [3.8, 4) is 11.8 Å². The van der Waals surface area contributed by atoms with E-state index < -0.39 is 0 Å². The van der Waals surface area contributed by atoms with Crippen LogP contribution in [0.4, 0.5) is 0 Å². The Morgan fingerprint density at radius 2 is 2.29 bits per heavy atom. The van der Waals surface area contributed by atoms with E-state index >= 15 is 0 Å². The fourth-order valence-electron chi connectivity index (χ4n) is 1.64. The standard InChI is InChI=1S/C13H13N3S/c1-3-17-13-6-4-5-12(11(13)7-14)16-9-10(2)8-15-16/h4-6,8-9H,3H2,1-2H3. The van der Waals surface area contributed by atoms with Crippen molar-refractivity contribution in [3.63, 3.8) is 0 Å². The number of nitriles is 1. The molecule has 1 aromatic heterocycles. The fourth-order valence-corrected chi connectivity index (χ4v) is 2.42. The van der Waals surface area contributed by atoms with Gasteiger partial charge in [-0.1, -0.05) is 13.0 Å². The third-order valence-electron chi connectivity index (χ3n) is 2.37. The average Bonchev–Trinajstić information content (AvgIpc) is 2.76. The lowest BCUT2D eigenvalue weighted by Gasteiger charge is -2.08. The quantitative estimate of drug-likeness (QED) is 0.777. The van der Waals surface area contributed by atoms with E-state index in [2.05, 4.69) is 18.1 Å². The molecule has 2 rings (SSSR count). The maximum Gasteiger partial charge on any atom is 0.103 e. The summed E-state index contributed by atoms with van der Waals surface area (Å²) in [5.41, 5.74) is 2.63. The topological polar surface area (TPSA) is 41.6 Å². The summed E-state index contributed by atoms with van der Waals surface area (Å²) in [7, 11) is 0. The van der Waals surface area contributed by atoms with Crippen LogP contribution in [0.25, 0.3) is 5.69 Å². The molecule has 0 aliphatic heterocycles. The van der Waals surface area contributed by atoms with Crippen LogP contribution < -0.4 is 0 Å². The zero-order valence-corrected chi connectivity index (χ0v) is 10.7. The van der Waals surface area contributed by atoms with Gasteiger partial charge in [0.2, 0.25) is 0 Å². The second-order valence-electron chi connectivity index (χ2n) is 3.66. The predicted molar refractivity (Wildman–Crippen MR) is 69.4 cm³/mol. The molecule has 0 atom stereocenters. The van der Waals surface area contributed by atoms with Gasteiger partial charge in [-0.05, 0) is 30.4 Å².